The Bertz CT molecular complexity index is 871. The van der Waals surface area contributed by atoms with Crippen molar-refractivity contribution in [1.82, 2.24) is 19.9 Å². The fraction of sp³-hybridized carbons (Fsp3) is 0.571. The first-order valence-electron chi connectivity index (χ1n) is 10.6. The predicted octanol–water partition coefficient (Wildman–Crippen LogP) is 2.65. The van der Waals surface area contributed by atoms with E-state index in [1.54, 1.807) is 0 Å². The number of ether oxygens (including phenoxy) is 2. The molecule has 2 aliphatic heterocycles. The number of carbonyl (C=O) groups is 2. The van der Waals surface area contributed by atoms with Gasteiger partial charge in [0.2, 0.25) is 12.3 Å². The number of imidazole rings is 1. The Kier molecular flexibility index (Phi) is 6.08. The number of H-pyrrole nitrogens is 1. The third-order valence-corrected chi connectivity index (χ3v) is 5.80. The van der Waals surface area contributed by atoms with Crippen LogP contribution in [0.1, 0.15) is 50.9 Å². The standard InChI is InChI=1S/C21H28N4O5/c1-2-3-5-14(12-24(28)13-26)21(27)25-7-4-6-17(25)20-22-15-10-18-19(11-16(15)23-20)30-9-8-29-18/h10-11,13-14,17,28H,2-9,12H2,1H3,(H,22,23)/t14-,17-/m0/s1. The van der Waals surface area contributed by atoms with Crippen LogP contribution < -0.4 is 9.47 Å². The largest absolute Gasteiger partial charge is 0.486 e. The molecule has 4 rings (SSSR count). The van der Waals surface area contributed by atoms with Gasteiger partial charge in [-0.05, 0) is 19.3 Å². The number of nitrogens with one attached hydrogen (secondary N) is 1. The number of carbonyl (C=O) groups excluding carboxylic acids is 2. The number of benzene rings is 1. The van der Waals surface area contributed by atoms with Crippen LogP contribution in [0.15, 0.2) is 12.1 Å². The summed E-state index contributed by atoms with van der Waals surface area (Å²) >= 11 is 0. The van der Waals surface area contributed by atoms with Gasteiger partial charge in [-0.25, -0.2) is 10.0 Å². The number of likely N-dealkylation sites (tertiary alicyclic amines) is 1. The lowest BCUT2D eigenvalue weighted by molar-refractivity contribution is -0.157. The van der Waals surface area contributed by atoms with Crippen molar-refractivity contribution in [2.24, 2.45) is 5.92 Å². The molecule has 0 bridgehead atoms. The lowest BCUT2D eigenvalue weighted by Gasteiger charge is -2.29. The van der Waals surface area contributed by atoms with Gasteiger partial charge in [0, 0.05) is 18.7 Å². The van der Waals surface area contributed by atoms with Crippen LogP contribution in [0.2, 0.25) is 0 Å². The van der Waals surface area contributed by atoms with Crippen molar-refractivity contribution >= 4 is 23.4 Å². The lowest BCUT2D eigenvalue weighted by Crippen LogP contribution is -2.40. The Hall–Kier alpha value is -2.81. The van der Waals surface area contributed by atoms with Gasteiger partial charge in [0.25, 0.3) is 0 Å². The lowest BCUT2D eigenvalue weighted by atomic mass is 9.99. The maximum absolute atomic E-state index is 13.3. The monoisotopic (exact) mass is 416 g/mol. The number of aromatic nitrogens is 2. The second kappa shape index (κ2) is 8.91. The first-order valence-corrected chi connectivity index (χ1v) is 10.6. The quantitative estimate of drug-likeness (QED) is 0.389. The molecule has 2 amide bonds. The summed E-state index contributed by atoms with van der Waals surface area (Å²) in [6.45, 7) is 3.73. The van der Waals surface area contributed by atoms with Crippen molar-refractivity contribution < 1.29 is 24.3 Å². The van der Waals surface area contributed by atoms with Gasteiger partial charge < -0.3 is 19.4 Å². The summed E-state index contributed by atoms with van der Waals surface area (Å²) in [5, 5.41) is 10.2. The molecule has 0 unspecified atom stereocenters. The molecule has 2 aromatic rings. The first-order chi connectivity index (χ1) is 14.6. The second-order valence-corrected chi connectivity index (χ2v) is 7.89. The van der Waals surface area contributed by atoms with Crippen LogP contribution in [-0.2, 0) is 9.59 Å². The van der Waals surface area contributed by atoms with E-state index in [1.165, 1.54) is 0 Å². The van der Waals surface area contributed by atoms with Crippen LogP contribution >= 0.6 is 0 Å². The Labute approximate surface area is 174 Å². The second-order valence-electron chi connectivity index (χ2n) is 7.89. The normalized spacial score (nSPS) is 19.1. The number of hydrogen-bond acceptors (Lipinski definition) is 6. The number of nitrogens with zero attached hydrogens (tertiary/aromatic N) is 3. The maximum Gasteiger partial charge on any atom is 0.233 e. The van der Waals surface area contributed by atoms with E-state index in [4.69, 9.17) is 14.5 Å². The minimum absolute atomic E-state index is 0.00703. The topological polar surface area (TPSA) is 108 Å². The van der Waals surface area contributed by atoms with Gasteiger partial charge >= 0.3 is 0 Å². The molecule has 0 saturated carbocycles. The highest BCUT2D eigenvalue weighted by atomic mass is 16.6. The summed E-state index contributed by atoms with van der Waals surface area (Å²) in [6, 6.07) is 3.60. The van der Waals surface area contributed by atoms with Crippen molar-refractivity contribution in [1.29, 1.82) is 0 Å². The van der Waals surface area contributed by atoms with E-state index in [0.29, 0.717) is 49.2 Å². The third-order valence-electron chi connectivity index (χ3n) is 5.80. The maximum atomic E-state index is 13.3. The molecule has 1 aromatic carbocycles. The van der Waals surface area contributed by atoms with E-state index in [2.05, 4.69) is 11.9 Å². The summed E-state index contributed by atoms with van der Waals surface area (Å²) in [6.07, 6.45) is 4.47. The molecule has 30 heavy (non-hydrogen) atoms. The molecule has 9 nitrogen and oxygen atoms in total. The van der Waals surface area contributed by atoms with E-state index in [0.717, 1.165) is 42.5 Å². The van der Waals surface area contributed by atoms with Crippen LogP contribution in [0.5, 0.6) is 11.5 Å². The molecule has 1 aromatic heterocycles. The Morgan fingerprint density at radius 2 is 2.17 bits per heavy atom. The number of fused-ring (bicyclic) bond motifs is 2. The Morgan fingerprint density at radius 3 is 2.90 bits per heavy atom. The van der Waals surface area contributed by atoms with E-state index in [9.17, 15) is 14.8 Å². The van der Waals surface area contributed by atoms with Crippen LogP contribution in [0, 0.1) is 5.92 Å². The zero-order valence-corrected chi connectivity index (χ0v) is 17.2. The molecule has 0 spiro atoms. The molecule has 2 aliphatic rings. The van der Waals surface area contributed by atoms with Crippen LogP contribution in [-0.4, -0.2) is 63.8 Å². The molecule has 1 fully saturated rings. The van der Waals surface area contributed by atoms with Crippen LogP contribution in [0.3, 0.4) is 0 Å². The molecule has 0 aliphatic carbocycles. The highest BCUT2D eigenvalue weighted by Crippen LogP contribution is 2.37. The van der Waals surface area contributed by atoms with Gasteiger partial charge in [0.05, 0.1) is 29.5 Å². The molecular weight excluding hydrogens is 388 g/mol. The first kappa shape index (κ1) is 20.5. The SMILES string of the molecule is CCCC[C@@H](CN(O)C=O)C(=O)N1CCC[C@H]1c1nc2cc3c(cc2[nH]1)OCCO3. The minimum atomic E-state index is -0.431. The molecule has 2 atom stereocenters. The Morgan fingerprint density at radius 1 is 1.40 bits per heavy atom. The Balaban J connectivity index is 1.57. The number of aromatic amines is 1. The summed E-state index contributed by atoms with van der Waals surface area (Å²) in [5.74, 6) is 1.64. The van der Waals surface area contributed by atoms with E-state index < -0.39 is 5.92 Å². The molecule has 9 heteroatoms. The van der Waals surface area contributed by atoms with E-state index >= 15 is 0 Å². The molecule has 0 radical (unpaired) electrons. The third kappa shape index (κ3) is 4.07. The van der Waals surface area contributed by atoms with E-state index in [-0.39, 0.29) is 18.5 Å². The molecule has 162 valence electrons. The highest BCUT2D eigenvalue weighted by molar-refractivity contribution is 5.82. The van der Waals surface area contributed by atoms with Gasteiger partial charge in [0.1, 0.15) is 19.0 Å². The summed E-state index contributed by atoms with van der Waals surface area (Å²) < 4.78 is 11.3. The van der Waals surface area contributed by atoms with Crippen LogP contribution in [0.25, 0.3) is 11.0 Å². The molecular formula is C21H28N4O5. The number of hydrogen-bond donors (Lipinski definition) is 2. The molecule has 2 N–H and O–H groups in total. The molecule has 3 heterocycles. The zero-order valence-electron chi connectivity index (χ0n) is 17.2. The number of unbranched alkanes of at least 4 members (excludes halogenated alkanes) is 1. The fourth-order valence-corrected chi connectivity index (χ4v) is 4.29. The summed E-state index contributed by atoms with van der Waals surface area (Å²) in [7, 11) is 0. The number of rotatable bonds is 8. The van der Waals surface area contributed by atoms with Crippen molar-refractivity contribution in [3.05, 3.63) is 18.0 Å². The number of amides is 2. The fourth-order valence-electron chi connectivity index (χ4n) is 4.29. The zero-order chi connectivity index (χ0) is 21.1. The van der Waals surface area contributed by atoms with Gasteiger partial charge in [-0.15, -0.1) is 0 Å². The van der Waals surface area contributed by atoms with Crippen molar-refractivity contribution in [3.63, 3.8) is 0 Å². The predicted molar refractivity (Wildman–Crippen MR) is 108 cm³/mol. The van der Waals surface area contributed by atoms with Gasteiger partial charge in [-0.2, -0.15) is 0 Å². The van der Waals surface area contributed by atoms with Gasteiger partial charge in [0.15, 0.2) is 11.5 Å². The highest BCUT2D eigenvalue weighted by Gasteiger charge is 2.36. The van der Waals surface area contributed by atoms with Crippen molar-refractivity contribution in [3.8, 4) is 11.5 Å². The van der Waals surface area contributed by atoms with Crippen molar-refractivity contribution in [2.75, 3.05) is 26.3 Å². The van der Waals surface area contributed by atoms with Crippen LogP contribution in [0.4, 0.5) is 0 Å². The van der Waals surface area contributed by atoms with Gasteiger partial charge in [-0.1, -0.05) is 19.8 Å². The average molecular weight is 416 g/mol. The van der Waals surface area contributed by atoms with E-state index in [1.807, 2.05) is 17.0 Å². The minimum Gasteiger partial charge on any atom is -0.486 e. The van der Waals surface area contributed by atoms with Gasteiger partial charge in [-0.3, -0.25) is 14.8 Å². The smallest absolute Gasteiger partial charge is 0.233 e. The summed E-state index contributed by atoms with van der Waals surface area (Å²) in [5.41, 5.74) is 1.62. The number of hydroxylamine groups is 2. The molecule has 1 saturated heterocycles. The summed E-state index contributed by atoms with van der Waals surface area (Å²) in [4.78, 5) is 34.1. The average Bonchev–Trinajstić information content (AvgIpc) is 3.40. The van der Waals surface area contributed by atoms with Crippen molar-refractivity contribution in [2.45, 2.75) is 45.1 Å².